The molecule has 1 amide bonds. The largest absolute Gasteiger partial charge is 0.367 e. The van der Waals surface area contributed by atoms with Crippen LogP contribution in [0, 0.1) is 0 Å². The van der Waals surface area contributed by atoms with Gasteiger partial charge in [0.1, 0.15) is 12.0 Å². The van der Waals surface area contributed by atoms with Crippen LogP contribution < -0.4 is 10.2 Å². The minimum absolute atomic E-state index is 0.235. The van der Waals surface area contributed by atoms with Crippen LogP contribution in [-0.2, 0) is 0 Å². The predicted octanol–water partition coefficient (Wildman–Crippen LogP) is 1.29. The van der Waals surface area contributed by atoms with Gasteiger partial charge < -0.3 is 15.1 Å². The van der Waals surface area contributed by atoms with Crippen molar-refractivity contribution < 1.29 is 9.59 Å². The van der Waals surface area contributed by atoms with Gasteiger partial charge in [-0.1, -0.05) is 0 Å². The number of rotatable bonds is 4. The number of nitrogens with zero attached hydrogens (tertiary/aromatic N) is 4. The Hall–Kier alpha value is -2.80. The van der Waals surface area contributed by atoms with Gasteiger partial charge >= 0.3 is 0 Å². The van der Waals surface area contributed by atoms with Crippen LogP contribution in [0.3, 0.4) is 0 Å². The van der Waals surface area contributed by atoms with Crippen LogP contribution in [0.15, 0.2) is 36.8 Å². The first-order valence-corrected chi connectivity index (χ1v) is 7.77. The fourth-order valence-corrected chi connectivity index (χ4v) is 2.65. The topological polar surface area (TPSA) is 78.4 Å². The van der Waals surface area contributed by atoms with Crippen molar-refractivity contribution in [2.24, 2.45) is 0 Å². The predicted molar refractivity (Wildman–Crippen MR) is 91.5 cm³/mol. The maximum Gasteiger partial charge on any atom is 0.275 e. The summed E-state index contributed by atoms with van der Waals surface area (Å²) in [4.78, 5) is 35.8. The highest BCUT2D eigenvalue weighted by molar-refractivity contribution is 6.05. The van der Waals surface area contributed by atoms with E-state index in [-0.39, 0.29) is 11.6 Å². The lowest BCUT2D eigenvalue weighted by atomic mass is 10.1. The van der Waals surface area contributed by atoms with Crippen LogP contribution in [0.1, 0.15) is 20.8 Å². The van der Waals surface area contributed by atoms with Crippen LogP contribution >= 0.6 is 0 Å². The summed E-state index contributed by atoms with van der Waals surface area (Å²) in [5.74, 6) is -0.346. The second-order valence-electron chi connectivity index (χ2n) is 5.73. The number of carbonyl (C=O) groups excluding carboxylic acids is 2. The molecule has 0 aliphatic carbocycles. The number of aromatic nitrogens is 2. The summed E-state index contributed by atoms with van der Waals surface area (Å²) in [6.07, 6.45) is 5.16. The molecule has 7 nitrogen and oxygen atoms in total. The van der Waals surface area contributed by atoms with Crippen molar-refractivity contribution in [3.05, 3.63) is 48.0 Å². The Morgan fingerprint density at radius 3 is 2.67 bits per heavy atom. The minimum Gasteiger partial charge on any atom is -0.367 e. The average Bonchev–Trinajstić information content (AvgIpc) is 2.63. The standard InChI is InChI=1S/C17H19N5O2/c1-21-6-8-22(9-7-21)16-3-2-13(12-23)10-14(16)20-17(24)15-11-18-4-5-19-15/h2-5,10-12H,6-9H2,1H3,(H,20,24). The number of benzene rings is 1. The van der Waals surface area contributed by atoms with Crippen molar-refractivity contribution in [1.82, 2.24) is 14.9 Å². The quantitative estimate of drug-likeness (QED) is 0.854. The number of aldehydes is 1. The third-order valence-electron chi connectivity index (χ3n) is 4.04. The number of hydrogen-bond donors (Lipinski definition) is 1. The number of hydrogen-bond acceptors (Lipinski definition) is 6. The van der Waals surface area contributed by atoms with E-state index in [0.29, 0.717) is 11.3 Å². The highest BCUT2D eigenvalue weighted by Gasteiger charge is 2.19. The number of carbonyl (C=O) groups is 2. The molecule has 1 aliphatic heterocycles. The van der Waals surface area contributed by atoms with Gasteiger partial charge in [-0.2, -0.15) is 0 Å². The molecule has 0 atom stereocenters. The van der Waals surface area contributed by atoms with Gasteiger partial charge in [-0.3, -0.25) is 14.6 Å². The molecule has 0 saturated carbocycles. The number of anilines is 2. The van der Waals surface area contributed by atoms with Gasteiger partial charge in [0.25, 0.3) is 5.91 Å². The van der Waals surface area contributed by atoms with E-state index in [4.69, 9.17) is 0 Å². The van der Waals surface area contributed by atoms with Crippen LogP contribution in [0.2, 0.25) is 0 Å². The average molecular weight is 325 g/mol. The zero-order valence-electron chi connectivity index (χ0n) is 13.5. The number of likely N-dealkylation sites (N-methyl/N-ethyl adjacent to an activating group) is 1. The molecule has 24 heavy (non-hydrogen) atoms. The number of piperazine rings is 1. The normalized spacial score (nSPS) is 15.1. The zero-order chi connectivity index (χ0) is 16.9. The molecule has 1 fully saturated rings. The molecule has 1 N–H and O–H groups in total. The lowest BCUT2D eigenvalue weighted by molar-refractivity contribution is 0.102. The SMILES string of the molecule is CN1CCN(c2ccc(C=O)cc2NC(=O)c2cnccn2)CC1. The second-order valence-corrected chi connectivity index (χ2v) is 5.73. The molecule has 1 aliphatic rings. The van der Waals surface area contributed by atoms with E-state index in [1.54, 1.807) is 12.1 Å². The van der Waals surface area contributed by atoms with Gasteiger partial charge in [-0.15, -0.1) is 0 Å². The Balaban J connectivity index is 1.87. The van der Waals surface area contributed by atoms with E-state index in [9.17, 15) is 9.59 Å². The first-order chi connectivity index (χ1) is 11.7. The lowest BCUT2D eigenvalue weighted by Crippen LogP contribution is -2.44. The molecular weight excluding hydrogens is 306 g/mol. The van der Waals surface area contributed by atoms with Gasteiger partial charge in [-0.05, 0) is 25.2 Å². The monoisotopic (exact) mass is 325 g/mol. The Bertz CT molecular complexity index is 727. The Labute approximate surface area is 140 Å². The van der Waals surface area contributed by atoms with Gasteiger partial charge in [0.05, 0.1) is 17.6 Å². The molecule has 124 valence electrons. The van der Waals surface area contributed by atoms with Crippen molar-refractivity contribution >= 4 is 23.6 Å². The Morgan fingerprint density at radius 1 is 1.21 bits per heavy atom. The van der Waals surface area contributed by atoms with Crippen LogP contribution in [-0.4, -0.2) is 60.3 Å². The van der Waals surface area contributed by atoms with E-state index < -0.39 is 0 Å². The van der Waals surface area contributed by atoms with Crippen molar-refractivity contribution in [1.29, 1.82) is 0 Å². The van der Waals surface area contributed by atoms with E-state index in [1.165, 1.54) is 18.6 Å². The summed E-state index contributed by atoms with van der Waals surface area (Å²) in [7, 11) is 2.09. The molecule has 3 rings (SSSR count). The van der Waals surface area contributed by atoms with Crippen LogP contribution in [0.25, 0.3) is 0 Å². The first kappa shape index (κ1) is 16.1. The maximum absolute atomic E-state index is 12.4. The summed E-state index contributed by atoms with van der Waals surface area (Å²) in [5, 5.41) is 2.85. The third-order valence-corrected chi connectivity index (χ3v) is 4.04. The molecule has 0 radical (unpaired) electrons. The van der Waals surface area contributed by atoms with E-state index >= 15 is 0 Å². The van der Waals surface area contributed by atoms with E-state index in [2.05, 4.69) is 32.1 Å². The van der Waals surface area contributed by atoms with E-state index in [1.807, 2.05) is 6.07 Å². The van der Waals surface area contributed by atoms with Gasteiger partial charge in [-0.25, -0.2) is 4.98 Å². The summed E-state index contributed by atoms with van der Waals surface area (Å²) in [6.45, 7) is 3.63. The summed E-state index contributed by atoms with van der Waals surface area (Å²) < 4.78 is 0. The highest BCUT2D eigenvalue weighted by Crippen LogP contribution is 2.28. The highest BCUT2D eigenvalue weighted by atomic mass is 16.2. The van der Waals surface area contributed by atoms with Crippen LogP contribution in [0.4, 0.5) is 11.4 Å². The molecule has 2 aromatic rings. The molecule has 1 aromatic heterocycles. The summed E-state index contributed by atoms with van der Waals surface area (Å²) >= 11 is 0. The fourth-order valence-electron chi connectivity index (χ4n) is 2.65. The summed E-state index contributed by atoms with van der Waals surface area (Å²) in [6, 6.07) is 5.33. The first-order valence-electron chi connectivity index (χ1n) is 7.77. The molecule has 7 heteroatoms. The maximum atomic E-state index is 12.4. The van der Waals surface area contributed by atoms with Crippen LogP contribution in [0.5, 0.6) is 0 Å². The fraction of sp³-hybridized carbons (Fsp3) is 0.294. The zero-order valence-corrected chi connectivity index (χ0v) is 13.5. The molecule has 1 saturated heterocycles. The molecule has 0 spiro atoms. The smallest absolute Gasteiger partial charge is 0.275 e. The molecule has 2 heterocycles. The Kier molecular flexibility index (Phi) is 4.81. The van der Waals surface area contributed by atoms with Gasteiger partial charge in [0, 0.05) is 44.1 Å². The molecular formula is C17H19N5O2. The lowest BCUT2D eigenvalue weighted by Gasteiger charge is -2.35. The van der Waals surface area contributed by atoms with Crippen molar-refractivity contribution in [2.75, 3.05) is 43.4 Å². The summed E-state index contributed by atoms with van der Waals surface area (Å²) in [5.41, 5.74) is 2.27. The molecule has 0 unspecified atom stereocenters. The molecule has 1 aromatic carbocycles. The van der Waals surface area contributed by atoms with Crippen molar-refractivity contribution in [3.63, 3.8) is 0 Å². The Morgan fingerprint density at radius 2 is 2.00 bits per heavy atom. The second kappa shape index (κ2) is 7.18. The van der Waals surface area contributed by atoms with Crippen molar-refractivity contribution in [2.45, 2.75) is 0 Å². The number of amides is 1. The number of nitrogens with one attached hydrogen (secondary N) is 1. The third kappa shape index (κ3) is 3.57. The minimum atomic E-state index is -0.346. The van der Waals surface area contributed by atoms with Crippen molar-refractivity contribution in [3.8, 4) is 0 Å². The molecule has 0 bridgehead atoms. The van der Waals surface area contributed by atoms with Gasteiger partial charge in [0.15, 0.2) is 0 Å². The van der Waals surface area contributed by atoms with Gasteiger partial charge in [0.2, 0.25) is 0 Å². The van der Waals surface area contributed by atoms with E-state index in [0.717, 1.165) is 38.2 Å².